The number of hydrogen-bond donors (Lipinski definition) is 3. The van der Waals surface area contributed by atoms with Crippen LogP contribution in [0.2, 0.25) is 0 Å². The van der Waals surface area contributed by atoms with E-state index >= 15 is 4.79 Å². The second-order valence-corrected chi connectivity index (χ2v) is 20.8. The largest absolute Gasteiger partial charge is 0.497 e. The average Bonchev–Trinajstić information content (AvgIpc) is 4.17. The summed E-state index contributed by atoms with van der Waals surface area (Å²) < 4.78 is 90.6. The number of aromatic nitrogens is 2. The van der Waals surface area contributed by atoms with E-state index in [1.54, 1.807) is 54.7 Å². The molecule has 1 aromatic carbocycles. The number of carbonyl (C=O) groups is 4. The monoisotopic (exact) mass is 942 g/mol. The van der Waals surface area contributed by atoms with Crippen molar-refractivity contribution < 1.29 is 60.1 Å². The Morgan fingerprint density at radius 3 is 2.41 bits per heavy atom. The van der Waals surface area contributed by atoms with Crippen molar-refractivity contribution in [3.63, 3.8) is 0 Å². The van der Waals surface area contributed by atoms with Gasteiger partial charge in [-0.25, -0.2) is 23.2 Å². The number of pyridine rings is 2. The Labute approximate surface area is 381 Å². The Morgan fingerprint density at radius 1 is 1.06 bits per heavy atom. The van der Waals surface area contributed by atoms with Crippen molar-refractivity contribution in [2.75, 3.05) is 13.7 Å². The number of methoxy groups -OCH3 is 1. The summed E-state index contributed by atoms with van der Waals surface area (Å²) in [6.07, 6.45) is -1.57. The maximum Gasteiger partial charge on any atom is 0.411 e. The Hall–Kier alpha value is -5.66. The zero-order valence-electron chi connectivity index (χ0n) is 37.9. The third-order valence-electron chi connectivity index (χ3n) is 13.0. The molecular formula is C46H57F3N6O10S. The van der Waals surface area contributed by atoms with Crippen LogP contribution in [0.1, 0.15) is 86.5 Å². The van der Waals surface area contributed by atoms with Crippen LogP contribution in [0, 0.1) is 17.8 Å². The number of rotatable bonds is 11. The Morgan fingerprint density at radius 2 is 1.79 bits per heavy atom. The molecule has 66 heavy (non-hydrogen) atoms. The minimum absolute atomic E-state index is 0.0369. The second-order valence-electron chi connectivity index (χ2n) is 18.9. The Balaban J connectivity index is 1.31. The molecule has 0 bridgehead atoms. The maximum atomic E-state index is 15.2. The van der Waals surface area contributed by atoms with Gasteiger partial charge in [0.2, 0.25) is 33.6 Å². The van der Waals surface area contributed by atoms with Crippen LogP contribution in [0.15, 0.2) is 54.7 Å². The van der Waals surface area contributed by atoms with Crippen LogP contribution in [-0.4, -0.2) is 118 Å². The predicted octanol–water partition coefficient (Wildman–Crippen LogP) is 6.63. The molecule has 2 saturated carbocycles. The number of carboxylic acid groups (broad SMARTS) is 1. The topological polar surface area (TPSA) is 207 Å². The number of ether oxygens (including phenoxy) is 3. The SMILES string of the molecule is COc1ccc2c(O[C@@H]3C[C@H]4C(=O)N[C@]5(C(=O)NS(=O)(=O)C6CC6)C[C@H]5C=CCC[C@H](C)C[C@@H](C)[C@H](N(C(=O)O)C(C)(C)C(F)(F)F)C(=O)N4C3)nc(-c3ccc(OC(C)C)nc3)cc2c1. The van der Waals surface area contributed by atoms with Gasteiger partial charge in [-0.15, -0.1) is 0 Å². The standard InChI is InChI=1S/C46H57F3N6O10S/c1-25(2)64-37-17-12-28(23-50-37)35-20-29-19-31(63-7)13-16-34(29)40(51-35)65-32-21-36-39(56)52-45(42(58)53-66(61,62)33-14-15-33)22-30(45)11-9-8-10-26(3)18-27(4)38(41(57)54(36)24-32)55(43(59)60)44(5,6)46(47,48)49/h9,11-13,16-17,19-20,23,25-27,30,32-33,36,38H,8,10,14-15,18,21-22,24H2,1-7H3,(H,52,56)(H,53,58)(H,59,60)/t26-,27+,30+,32+,36-,38-,45+/m0/s1. The van der Waals surface area contributed by atoms with Gasteiger partial charge >= 0.3 is 12.3 Å². The van der Waals surface area contributed by atoms with Crippen LogP contribution in [0.4, 0.5) is 18.0 Å². The molecule has 4 aliphatic rings. The van der Waals surface area contributed by atoms with Gasteiger partial charge in [-0.2, -0.15) is 13.2 Å². The van der Waals surface area contributed by atoms with Crippen LogP contribution >= 0.6 is 0 Å². The third-order valence-corrected chi connectivity index (χ3v) is 14.8. The van der Waals surface area contributed by atoms with Crippen molar-refractivity contribution >= 4 is 44.6 Å². The van der Waals surface area contributed by atoms with Gasteiger partial charge in [0.05, 0.1) is 30.7 Å². The molecule has 3 aromatic rings. The van der Waals surface area contributed by atoms with E-state index in [0.717, 1.165) is 4.90 Å². The second kappa shape index (κ2) is 18.2. The van der Waals surface area contributed by atoms with Gasteiger partial charge in [0.15, 0.2) is 0 Å². The molecule has 4 heterocycles. The van der Waals surface area contributed by atoms with E-state index in [2.05, 4.69) is 15.0 Å². The minimum Gasteiger partial charge on any atom is -0.497 e. The highest BCUT2D eigenvalue weighted by Gasteiger charge is 2.63. The average molecular weight is 943 g/mol. The summed E-state index contributed by atoms with van der Waals surface area (Å²) in [5.74, 6) is -3.74. The number of carbonyl (C=O) groups excluding carboxylic acids is 3. The number of nitrogens with one attached hydrogen (secondary N) is 2. The summed E-state index contributed by atoms with van der Waals surface area (Å²) in [5.41, 5.74) is -3.79. The number of benzene rings is 1. The molecule has 7 rings (SSSR count). The van der Waals surface area contributed by atoms with Crippen LogP contribution in [0.25, 0.3) is 22.0 Å². The Kier molecular flexibility index (Phi) is 13.3. The van der Waals surface area contributed by atoms with Crippen molar-refractivity contribution in [2.45, 2.75) is 133 Å². The molecule has 2 aromatic heterocycles. The minimum atomic E-state index is -5.12. The predicted molar refractivity (Wildman–Crippen MR) is 236 cm³/mol. The normalized spacial score (nSPS) is 26.4. The van der Waals surface area contributed by atoms with E-state index in [0.29, 0.717) is 73.2 Å². The van der Waals surface area contributed by atoms with Crippen molar-refractivity contribution in [2.24, 2.45) is 17.8 Å². The highest BCUT2D eigenvalue weighted by atomic mass is 32.2. The van der Waals surface area contributed by atoms with E-state index < -0.39 is 92.9 Å². The lowest BCUT2D eigenvalue weighted by Gasteiger charge is -2.45. The summed E-state index contributed by atoms with van der Waals surface area (Å²) in [6.45, 7) is 8.09. The highest BCUT2D eigenvalue weighted by Crippen LogP contribution is 2.47. The first kappa shape index (κ1) is 48.3. The molecule has 7 atom stereocenters. The first-order valence-corrected chi connectivity index (χ1v) is 23.7. The smallest absolute Gasteiger partial charge is 0.411 e. The van der Waals surface area contributed by atoms with Crippen LogP contribution in [0.5, 0.6) is 17.5 Å². The van der Waals surface area contributed by atoms with Crippen molar-refractivity contribution in [3.8, 4) is 28.8 Å². The molecule has 3 N–H and O–H groups in total. The summed E-state index contributed by atoms with van der Waals surface area (Å²) in [4.78, 5) is 67.5. The van der Waals surface area contributed by atoms with Gasteiger partial charge in [-0.1, -0.05) is 26.0 Å². The third kappa shape index (κ3) is 9.88. The molecule has 2 aliphatic heterocycles. The summed E-state index contributed by atoms with van der Waals surface area (Å²) in [6, 6.07) is 6.96. The van der Waals surface area contributed by atoms with Crippen LogP contribution < -0.4 is 24.2 Å². The molecular weight excluding hydrogens is 886 g/mol. The number of hydrogen-bond acceptors (Lipinski definition) is 11. The van der Waals surface area contributed by atoms with E-state index in [1.165, 1.54) is 14.0 Å². The van der Waals surface area contributed by atoms with E-state index in [1.807, 2.05) is 20.8 Å². The molecule has 0 spiro atoms. The van der Waals surface area contributed by atoms with Gasteiger partial charge in [-0.3, -0.25) is 24.0 Å². The first-order valence-electron chi connectivity index (χ1n) is 22.2. The van der Waals surface area contributed by atoms with Crippen molar-refractivity contribution in [1.29, 1.82) is 0 Å². The quantitative estimate of drug-likeness (QED) is 0.173. The number of amides is 4. The van der Waals surface area contributed by atoms with Crippen molar-refractivity contribution in [3.05, 3.63) is 54.7 Å². The van der Waals surface area contributed by atoms with Gasteiger partial charge in [0, 0.05) is 35.6 Å². The number of halogens is 3. The lowest BCUT2D eigenvalue weighted by molar-refractivity contribution is -0.222. The molecule has 20 heteroatoms. The molecule has 2 aliphatic carbocycles. The fraction of sp³-hybridized carbons (Fsp3) is 0.565. The molecule has 0 unspecified atom stereocenters. The van der Waals surface area contributed by atoms with Crippen molar-refractivity contribution in [1.82, 2.24) is 29.8 Å². The summed E-state index contributed by atoms with van der Waals surface area (Å²) >= 11 is 0. The van der Waals surface area contributed by atoms with Crippen LogP contribution in [-0.2, 0) is 24.4 Å². The molecule has 358 valence electrons. The van der Waals surface area contributed by atoms with E-state index in [9.17, 15) is 41.1 Å². The molecule has 1 saturated heterocycles. The molecule has 3 fully saturated rings. The van der Waals surface area contributed by atoms with E-state index in [-0.39, 0.29) is 42.1 Å². The lowest BCUT2D eigenvalue weighted by Crippen LogP contribution is -2.66. The number of allylic oxidation sites excluding steroid dienone is 1. The number of sulfonamides is 1. The number of alkyl halides is 3. The number of fused-ring (bicyclic) bond motifs is 3. The molecule has 4 amide bonds. The fourth-order valence-corrected chi connectivity index (χ4v) is 10.4. The maximum absolute atomic E-state index is 15.2. The lowest BCUT2D eigenvalue weighted by atomic mass is 9.85. The summed E-state index contributed by atoms with van der Waals surface area (Å²) in [5, 5.41) is 13.7. The van der Waals surface area contributed by atoms with Crippen LogP contribution in [0.3, 0.4) is 0 Å². The van der Waals surface area contributed by atoms with Gasteiger partial charge in [-0.05, 0) is 114 Å². The Bertz CT molecular complexity index is 2500. The van der Waals surface area contributed by atoms with Gasteiger partial charge in [0.25, 0.3) is 5.91 Å². The molecule has 0 radical (unpaired) electrons. The van der Waals surface area contributed by atoms with Gasteiger partial charge in [0.1, 0.15) is 35.0 Å². The highest BCUT2D eigenvalue weighted by molar-refractivity contribution is 7.91. The summed E-state index contributed by atoms with van der Waals surface area (Å²) in [7, 11) is -2.55. The number of nitrogens with zero attached hydrogens (tertiary/aromatic N) is 4. The zero-order chi connectivity index (χ0) is 48.1. The molecule has 16 nitrogen and oxygen atoms in total. The fourth-order valence-electron chi connectivity index (χ4n) is 9.05. The van der Waals surface area contributed by atoms with E-state index in [4.69, 9.17) is 19.2 Å². The van der Waals surface area contributed by atoms with Gasteiger partial charge < -0.3 is 29.5 Å². The zero-order valence-corrected chi connectivity index (χ0v) is 38.7. The first-order chi connectivity index (χ1) is 30.9.